The molecule has 0 bridgehead atoms. The summed E-state index contributed by atoms with van der Waals surface area (Å²) in [5.74, 6) is 0.212. The van der Waals surface area contributed by atoms with Crippen LogP contribution in [0.4, 0.5) is 0 Å². The Labute approximate surface area is 95.9 Å². The van der Waals surface area contributed by atoms with Crippen LogP contribution in [0.5, 0.6) is 0 Å². The summed E-state index contributed by atoms with van der Waals surface area (Å²) in [5, 5.41) is 0. The zero-order valence-corrected chi connectivity index (χ0v) is 9.48. The van der Waals surface area contributed by atoms with Crippen LogP contribution >= 0.6 is 0 Å². The Balaban J connectivity index is 1.86. The van der Waals surface area contributed by atoms with Gasteiger partial charge in [-0.1, -0.05) is 30.3 Å². The van der Waals surface area contributed by atoms with Crippen molar-refractivity contribution in [1.82, 2.24) is 0 Å². The summed E-state index contributed by atoms with van der Waals surface area (Å²) in [4.78, 5) is 11.5. The molecule has 1 unspecified atom stereocenters. The number of carbonyl (C=O) groups is 1. The number of Topliss-reactive ketones (excluding diaryl/α,β-unsaturated/α-hetero) is 1. The average molecular weight is 216 g/mol. The van der Waals surface area contributed by atoms with Gasteiger partial charge in [0.05, 0.1) is 6.26 Å². The number of ether oxygens (including phenoxy) is 1. The number of hydrogen-bond acceptors (Lipinski definition) is 2. The molecule has 1 heterocycles. The molecule has 2 rings (SSSR count). The molecule has 0 radical (unpaired) electrons. The molecule has 2 nitrogen and oxygen atoms in total. The summed E-state index contributed by atoms with van der Waals surface area (Å²) in [6.07, 6.45) is 4.04. The molecule has 1 aromatic carbocycles. The van der Waals surface area contributed by atoms with Gasteiger partial charge in [0.1, 0.15) is 6.10 Å². The molecular formula is C14H16O2. The standard InChI is InChI=1S/C14H16O2/c1-11-10-16-13(9-14(11)15)8-7-12-5-3-2-4-6-12/h2-6,10,13H,7-9H2,1H3. The molecule has 0 saturated heterocycles. The molecule has 0 fully saturated rings. The van der Waals surface area contributed by atoms with Crippen molar-refractivity contribution in [2.24, 2.45) is 0 Å². The number of benzene rings is 1. The molecule has 0 N–H and O–H groups in total. The van der Waals surface area contributed by atoms with Gasteiger partial charge in [0.15, 0.2) is 5.78 Å². The van der Waals surface area contributed by atoms with E-state index in [4.69, 9.17) is 4.74 Å². The van der Waals surface area contributed by atoms with Crippen molar-refractivity contribution < 1.29 is 9.53 Å². The Bertz CT molecular complexity index is 392. The monoisotopic (exact) mass is 216 g/mol. The molecule has 1 atom stereocenters. The Morgan fingerprint density at radius 3 is 2.75 bits per heavy atom. The predicted octanol–water partition coefficient (Wildman–Crippen LogP) is 2.88. The smallest absolute Gasteiger partial charge is 0.165 e. The van der Waals surface area contributed by atoms with Crippen LogP contribution in [0.3, 0.4) is 0 Å². The fraction of sp³-hybridized carbons (Fsp3) is 0.357. The zero-order valence-electron chi connectivity index (χ0n) is 9.48. The van der Waals surface area contributed by atoms with Crippen LogP contribution < -0.4 is 0 Å². The lowest BCUT2D eigenvalue weighted by Crippen LogP contribution is -2.21. The number of rotatable bonds is 3. The molecule has 16 heavy (non-hydrogen) atoms. The zero-order chi connectivity index (χ0) is 11.4. The van der Waals surface area contributed by atoms with Gasteiger partial charge in [-0.2, -0.15) is 0 Å². The Hall–Kier alpha value is -1.57. The van der Waals surface area contributed by atoms with Crippen LogP contribution in [-0.4, -0.2) is 11.9 Å². The highest BCUT2D eigenvalue weighted by Gasteiger charge is 2.20. The van der Waals surface area contributed by atoms with Gasteiger partial charge in [0.2, 0.25) is 0 Å². The van der Waals surface area contributed by atoms with Crippen molar-refractivity contribution in [1.29, 1.82) is 0 Å². The van der Waals surface area contributed by atoms with E-state index in [0.717, 1.165) is 18.4 Å². The van der Waals surface area contributed by atoms with E-state index in [2.05, 4.69) is 12.1 Å². The molecule has 0 aliphatic carbocycles. The molecule has 0 spiro atoms. The van der Waals surface area contributed by atoms with E-state index in [0.29, 0.717) is 6.42 Å². The molecule has 2 heteroatoms. The highest BCUT2D eigenvalue weighted by atomic mass is 16.5. The molecule has 84 valence electrons. The first-order valence-corrected chi connectivity index (χ1v) is 5.65. The molecule has 1 aliphatic heterocycles. The van der Waals surface area contributed by atoms with Crippen LogP contribution in [0.2, 0.25) is 0 Å². The lowest BCUT2D eigenvalue weighted by atomic mass is 9.99. The van der Waals surface area contributed by atoms with Gasteiger partial charge in [-0.05, 0) is 25.3 Å². The second-order valence-electron chi connectivity index (χ2n) is 4.21. The number of ketones is 1. The van der Waals surface area contributed by atoms with Gasteiger partial charge in [-0.25, -0.2) is 0 Å². The van der Waals surface area contributed by atoms with Crippen molar-refractivity contribution in [2.45, 2.75) is 32.3 Å². The van der Waals surface area contributed by atoms with E-state index < -0.39 is 0 Å². The van der Waals surface area contributed by atoms with Gasteiger partial charge in [-0.15, -0.1) is 0 Å². The molecule has 1 aromatic rings. The quantitative estimate of drug-likeness (QED) is 0.776. The second-order valence-corrected chi connectivity index (χ2v) is 4.21. The highest BCUT2D eigenvalue weighted by molar-refractivity contribution is 5.95. The third-order valence-electron chi connectivity index (χ3n) is 2.89. The summed E-state index contributed by atoms with van der Waals surface area (Å²) in [6.45, 7) is 1.80. The maximum Gasteiger partial charge on any atom is 0.165 e. The predicted molar refractivity (Wildman–Crippen MR) is 63.0 cm³/mol. The second kappa shape index (κ2) is 4.97. The number of allylic oxidation sites excluding steroid dienone is 1. The van der Waals surface area contributed by atoms with E-state index in [1.54, 1.807) is 13.2 Å². The van der Waals surface area contributed by atoms with E-state index in [1.165, 1.54) is 5.56 Å². The van der Waals surface area contributed by atoms with Crippen molar-refractivity contribution in [3.8, 4) is 0 Å². The Morgan fingerprint density at radius 1 is 1.31 bits per heavy atom. The topological polar surface area (TPSA) is 26.3 Å². The first kappa shape index (κ1) is 10.9. The maximum absolute atomic E-state index is 11.5. The molecule has 0 saturated carbocycles. The van der Waals surface area contributed by atoms with Crippen molar-refractivity contribution in [3.05, 3.63) is 47.7 Å². The van der Waals surface area contributed by atoms with Crippen molar-refractivity contribution in [2.75, 3.05) is 0 Å². The number of aryl methyl sites for hydroxylation is 1. The summed E-state index contributed by atoms with van der Waals surface area (Å²) in [7, 11) is 0. The third-order valence-corrected chi connectivity index (χ3v) is 2.89. The van der Waals surface area contributed by atoms with Crippen LogP contribution in [0.25, 0.3) is 0 Å². The highest BCUT2D eigenvalue weighted by Crippen LogP contribution is 2.18. The van der Waals surface area contributed by atoms with Gasteiger partial charge < -0.3 is 4.74 Å². The molecule has 0 aromatic heterocycles. The van der Waals surface area contributed by atoms with Crippen molar-refractivity contribution >= 4 is 5.78 Å². The summed E-state index contributed by atoms with van der Waals surface area (Å²) in [6, 6.07) is 10.3. The van der Waals surface area contributed by atoms with Crippen LogP contribution in [0.15, 0.2) is 42.2 Å². The van der Waals surface area contributed by atoms with Gasteiger partial charge in [0.25, 0.3) is 0 Å². The fourth-order valence-corrected chi connectivity index (χ4v) is 1.82. The molecule has 0 amide bonds. The minimum absolute atomic E-state index is 0.0522. The maximum atomic E-state index is 11.5. The first-order valence-electron chi connectivity index (χ1n) is 5.65. The lowest BCUT2D eigenvalue weighted by molar-refractivity contribution is -0.119. The van der Waals surface area contributed by atoms with Gasteiger partial charge in [0, 0.05) is 12.0 Å². The van der Waals surface area contributed by atoms with Gasteiger partial charge in [-0.3, -0.25) is 4.79 Å². The average Bonchev–Trinajstić information content (AvgIpc) is 2.32. The Morgan fingerprint density at radius 2 is 2.06 bits per heavy atom. The molecular weight excluding hydrogens is 200 g/mol. The van der Waals surface area contributed by atoms with Crippen LogP contribution in [0, 0.1) is 0 Å². The normalized spacial score (nSPS) is 20.2. The van der Waals surface area contributed by atoms with Crippen molar-refractivity contribution in [3.63, 3.8) is 0 Å². The molecule has 1 aliphatic rings. The van der Waals surface area contributed by atoms with E-state index in [1.807, 2.05) is 18.2 Å². The summed E-state index contributed by atoms with van der Waals surface area (Å²) >= 11 is 0. The fourth-order valence-electron chi connectivity index (χ4n) is 1.82. The number of hydrogen-bond donors (Lipinski definition) is 0. The first-order chi connectivity index (χ1) is 7.75. The largest absolute Gasteiger partial charge is 0.497 e. The summed E-state index contributed by atoms with van der Waals surface area (Å²) < 4.78 is 5.50. The Kier molecular flexibility index (Phi) is 3.40. The number of carbonyl (C=O) groups excluding carboxylic acids is 1. The minimum atomic E-state index is 0.0522. The van der Waals surface area contributed by atoms with Crippen LogP contribution in [0.1, 0.15) is 25.3 Å². The van der Waals surface area contributed by atoms with E-state index in [-0.39, 0.29) is 11.9 Å². The lowest BCUT2D eigenvalue weighted by Gasteiger charge is -2.20. The van der Waals surface area contributed by atoms with E-state index in [9.17, 15) is 4.79 Å². The minimum Gasteiger partial charge on any atom is -0.497 e. The summed E-state index contributed by atoms with van der Waals surface area (Å²) in [5.41, 5.74) is 2.03. The van der Waals surface area contributed by atoms with E-state index >= 15 is 0 Å². The SMILES string of the molecule is CC1=COC(CCc2ccccc2)CC1=O. The van der Waals surface area contributed by atoms with Gasteiger partial charge >= 0.3 is 0 Å². The van der Waals surface area contributed by atoms with Crippen LogP contribution in [-0.2, 0) is 16.0 Å². The third kappa shape index (κ3) is 2.72.